The first-order valence-corrected chi connectivity index (χ1v) is 11.6. The van der Waals surface area contributed by atoms with Crippen molar-refractivity contribution in [3.05, 3.63) is 59.7 Å². The Morgan fingerprint density at radius 1 is 1.00 bits per heavy atom. The molecule has 176 valence electrons. The van der Waals surface area contributed by atoms with E-state index >= 15 is 0 Å². The molecule has 1 aliphatic carbocycles. The fourth-order valence-corrected chi connectivity index (χ4v) is 5.35. The highest BCUT2D eigenvalue weighted by atomic mass is 16.5. The Morgan fingerprint density at radius 3 is 2.42 bits per heavy atom. The zero-order valence-electron chi connectivity index (χ0n) is 19.6. The summed E-state index contributed by atoms with van der Waals surface area (Å²) in [6.07, 6.45) is 7.76. The van der Waals surface area contributed by atoms with E-state index in [9.17, 15) is 9.90 Å². The summed E-state index contributed by atoms with van der Waals surface area (Å²) in [5.41, 5.74) is 1.08. The molecule has 1 amide bonds. The van der Waals surface area contributed by atoms with Crippen LogP contribution in [0.1, 0.15) is 49.3 Å². The molecule has 3 unspecified atom stereocenters. The number of hydrogen-bond acceptors (Lipinski definition) is 5. The van der Waals surface area contributed by atoms with Gasteiger partial charge in [-0.1, -0.05) is 25.0 Å². The number of piperidine rings is 1. The molecule has 1 saturated heterocycles. The summed E-state index contributed by atoms with van der Waals surface area (Å²) in [5, 5.41) is 11.5. The average molecular weight is 452 g/mol. The van der Waals surface area contributed by atoms with Gasteiger partial charge in [0.05, 0.1) is 33.0 Å². The number of hydrogen-bond donors (Lipinski definition) is 1. The van der Waals surface area contributed by atoms with Crippen molar-refractivity contribution in [1.29, 1.82) is 0 Å². The lowest BCUT2D eigenvalue weighted by molar-refractivity contribution is -0.151. The van der Waals surface area contributed by atoms with Gasteiger partial charge in [0.2, 0.25) is 5.91 Å². The molecular formula is C27H33NO5. The van der Waals surface area contributed by atoms with E-state index in [1.807, 2.05) is 53.4 Å². The lowest BCUT2D eigenvalue weighted by Gasteiger charge is -2.52. The molecule has 2 fully saturated rings. The molecule has 1 N–H and O–H groups in total. The van der Waals surface area contributed by atoms with Crippen LogP contribution in [0.3, 0.4) is 0 Å². The summed E-state index contributed by atoms with van der Waals surface area (Å²) < 4.78 is 16.3. The van der Waals surface area contributed by atoms with E-state index < -0.39 is 5.60 Å². The number of ether oxygens (including phenoxy) is 3. The molecule has 0 bridgehead atoms. The molecule has 0 aromatic heterocycles. The molecule has 1 saturated carbocycles. The zero-order chi connectivity index (χ0) is 23.4. The van der Waals surface area contributed by atoms with E-state index in [2.05, 4.69) is 0 Å². The normalized spacial score (nSPS) is 24.9. The molecule has 3 atom stereocenters. The smallest absolute Gasteiger partial charge is 0.247 e. The van der Waals surface area contributed by atoms with Gasteiger partial charge in [-0.25, -0.2) is 0 Å². The Bertz CT molecular complexity index is 1000. The fraction of sp³-hybridized carbons (Fsp3) is 0.444. The Kier molecular flexibility index (Phi) is 6.94. The second-order valence-electron chi connectivity index (χ2n) is 8.90. The molecule has 2 aromatic carbocycles. The summed E-state index contributed by atoms with van der Waals surface area (Å²) in [6, 6.07) is 13.0. The second kappa shape index (κ2) is 9.87. The highest BCUT2D eigenvalue weighted by Gasteiger charge is 2.50. The van der Waals surface area contributed by atoms with Gasteiger partial charge in [-0.15, -0.1) is 0 Å². The van der Waals surface area contributed by atoms with E-state index in [0.29, 0.717) is 24.5 Å². The summed E-state index contributed by atoms with van der Waals surface area (Å²) in [5.74, 6) is 2.04. The van der Waals surface area contributed by atoms with Gasteiger partial charge in [0.1, 0.15) is 17.2 Å². The standard InChI is InChI=1S/C27H33NO5/c1-31-20-10-7-19(8-11-20)9-14-25(29)28-17-16-27(30)15-5-4-6-23(27)26(28)22-13-12-21(32-2)18-24(22)33-3/h7-14,18,23,26,30H,4-6,15-17H2,1-3H3. The van der Waals surface area contributed by atoms with Gasteiger partial charge in [-0.2, -0.15) is 0 Å². The highest BCUT2D eigenvalue weighted by Crippen LogP contribution is 2.51. The maximum absolute atomic E-state index is 13.4. The number of methoxy groups -OCH3 is 3. The van der Waals surface area contributed by atoms with Crippen molar-refractivity contribution in [3.8, 4) is 17.2 Å². The van der Waals surface area contributed by atoms with Crippen molar-refractivity contribution in [3.63, 3.8) is 0 Å². The first-order chi connectivity index (χ1) is 16.0. The summed E-state index contributed by atoms with van der Waals surface area (Å²) >= 11 is 0. The molecule has 1 heterocycles. The van der Waals surface area contributed by atoms with Crippen LogP contribution in [0.15, 0.2) is 48.5 Å². The van der Waals surface area contributed by atoms with E-state index in [-0.39, 0.29) is 17.9 Å². The predicted molar refractivity (Wildman–Crippen MR) is 128 cm³/mol. The minimum atomic E-state index is -0.760. The lowest BCUT2D eigenvalue weighted by atomic mass is 9.66. The van der Waals surface area contributed by atoms with E-state index in [1.54, 1.807) is 27.4 Å². The van der Waals surface area contributed by atoms with Gasteiger partial charge in [-0.3, -0.25) is 4.79 Å². The Balaban J connectivity index is 1.68. The van der Waals surface area contributed by atoms with E-state index in [0.717, 1.165) is 42.6 Å². The summed E-state index contributed by atoms with van der Waals surface area (Å²) in [7, 11) is 4.88. The summed E-state index contributed by atoms with van der Waals surface area (Å²) in [4.78, 5) is 15.3. The minimum Gasteiger partial charge on any atom is -0.497 e. The van der Waals surface area contributed by atoms with Crippen molar-refractivity contribution >= 4 is 12.0 Å². The van der Waals surface area contributed by atoms with Crippen LogP contribution >= 0.6 is 0 Å². The number of carbonyl (C=O) groups is 1. The van der Waals surface area contributed by atoms with Crippen LogP contribution in [0.2, 0.25) is 0 Å². The van der Waals surface area contributed by atoms with Crippen LogP contribution in [-0.2, 0) is 4.79 Å². The lowest BCUT2D eigenvalue weighted by Crippen LogP contribution is -2.56. The first kappa shape index (κ1) is 23.2. The van der Waals surface area contributed by atoms with Gasteiger partial charge < -0.3 is 24.2 Å². The average Bonchev–Trinajstić information content (AvgIpc) is 2.86. The molecule has 6 heteroatoms. The van der Waals surface area contributed by atoms with Crippen LogP contribution in [0, 0.1) is 5.92 Å². The van der Waals surface area contributed by atoms with Crippen LogP contribution in [0.4, 0.5) is 0 Å². The number of aliphatic hydroxyl groups is 1. The van der Waals surface area contributed by atoms with Crippen molar-refractivity contribution in [1.82, 2.24) is 4.90 Å². The van der Waals surface area contributed by atoms with Crippen molar-refractivity contribution in [2.75, 3.05) is 27.9 Å². The monoisotopic (exact) mass is 451 g/mol. The maximum atomic E-state index is 13.4. The van der Waals surface area contributed by atoms with Crippen LogP contribution in [-0.4, -0.2) is 49.4 Å². The molecule has 6 nitrogen and oxygen atoms in total. The highest BCUT2D eigenvalue weighted by molar-refractivity contribution is 5.92. The maximum Gasteiger partial charge on any atom is 0.247 e. The fourth-order valence-electron chi connectivity index (χ4n) is 5.35. The molecule has 4 rings (SSSR count). The molecule has 1 aliphatic heterocycles. The van der Waals surface area contributed by atoms with E-state index in [1.165, 1.54) is 0 Å². The Morgan fingerprint density at radius 2 is 1.73 bits per heavy atom. The predicted octanol–water partition coefficient (Wildman–Crippen LogP) is 4.62. The van der Waals surface area contributed by atoms with Crippen molar-refractivity contribution in [2.45, 2.75) is 43.7 Å². The Hall–Kier alpha value is -2.99. The largest absolute Gasteiger partial charge is 0.497 e. The zero-order valence-corrected chi connectivity index (χ0v) is 19.6. The molecular weight excluding hydrogens is 418 g/mol. The summed E-state index contributed by atoms with van der Waals surface area (Å²) in [6.45, 7) is 0.499. The third-order valence-corrected chi connectivity index (χ3v) is 7.14. The molecule has 0 spiro atoms. The minimum absolute atomic E-state index is 0.0411. The number of carbonyl (C=O) groups excluding carboxylic acids is 1. The third-order valence-electron chi connectivity index (χ3n) is 7.14. The second-order valence-corrected chi connectivity index (χ2v) is 8.90. The number of amides is 1. The molecule has 2 aromatic rings. The van der Waals surface area contributed by atoms with Gasteiger partial charge in [0, 0.05) is 30.2 Å². The van der Waals surface area contributed by atoms with Crippen LogP contribution in [0.5, 0.6) is 17.2 Å². The number of likely N-dealkylation sites (tertiary alicyclic amines) is 1. The van der Waals surface area contributed by atoms with Crippen LogP contribution < -0.4 is 14.2 Å². The molecule has 33 heavy (non-hydrogen) atoms. The first-order valence-electron chi connectivity index (χ1n) is 11.6. The van der Waals surface area contributed by atoms with Crippen molar-refractivity contribution in [2.24, 2.45) is 5.92 Å². The van der Waals surface area contributed by atoms with Gasteiger partial charge in [-0.05, 0) is 55.2 Å². The van der Waals surface area contributed by atoms with Crippen LogP contribution in [0.25, 0.3) is 6.08 Å². The van der Waals surface area contributed by atoms with Gasteiger partial charge in [0.15, 0.2) is 0 Å². The number of fused-ring (bicyclic) bond motifs is 1. The van der Waals surface area contributed by atoms with Gasteiger partial charge >= 0.3 is 0 Å². The number of rotatable bonds is 6. The SMILES string of the molecule is COc1ccc(C=CC(=O)N2CCC3(O)CCCCC3C2c2ccc(OC)cc2OC)cc1. The number of benzene rings is 2. The molecule has 0 radical (unpaired) electrons. The number of nitrogens with zero attached hydrogens (tertiary/aromatic N) is 1. The quantitative estimate of drug-likeness (QED) is 0.649. The Labute approximate surface area is 195 Å². The van der Waals surface area contributed by atoms with Gasteiger partial charge in [0.25, 0.3) is 0 Å². The van der Waals surface area contributed by atoms with E-state index in [4.69, 9.17) is 14.2 Å². The molecule has 2 aliphatic rings. The third kappa shape index (κ3) is 4.71. The van der Waals surface area contributed by atoms with Crippen molar-refractivity contribution < 1.29 is 24.1 Å². The topological polar surface area (TPSA) is 68.2 Å².